The zero-order valence-electron chi connectivity index (χ0n) is 10.9. The van der Waals surface area contributed by atoms with Crippen molar-refractivity contribution in [1.29, 1.82) is 0 Å². The number of aromatic amines is 1. The van der Waals surface area contributed by atoms with Crippen LogP contribution in [-0.2, 0) is 0 Å². The molecule has 0 fully saturated rings. The molecule has 102 valence electrons. The lowest BCUT2D eigenvalue weighted by Crippen LogP contribution is -2.05. The molecular formula is C16H10FN3O. The van der Waals surface area contributed by atoms with Gasteiger partial charge in [0.15, 0.2) is 5.43 Å². The van der Waals surface area contributed by atoms with Crippen molar-refractivity contribution in [2.75, 3.05) is 0 Å². The Hall–Kier alpha value is -2.95. The van der Waals surface area contributed by atoms with Crippen LogP contribution in [0.2, 0.25) is 0 Å². The number of nitrogens with one attached hydrogen (secondary N) is 1. The van der Waals surface area contributed by atoms with Crippen molar-refractivity contribution in [1.82, 2.24) is 14.5 Å². The van der Waals surface area contributed by atoms with Crippen molar-refractivity contribution in [2.24, 2.45) is 0 Å². The summed E-state index contributed by atoms with van der Waals surface area (Å²) in [7, 11) is 0. The van der Waals surface area contributed by atoms with Crippen LogP contribution < -0.4 is 5.43 Å². The highest BCUT2D eigenvalue weighted by Gasteiger charge is 2.07. The van der Waals surface area contributed by atoms with Gasteiger partial charge in [-0.25, -0.2) is 9.37 Å². The molecule has 4 aromatic rings. The minimum atomic E-state index is -0.414. The van der Waals surface area contributed by atoms with Crippen LogP contribution in [0.25, 0.3) is 27.5 Å². The van der Waals surface area contributed by atoms with E-state index in [9.17, 15) is 9.18 Å². The summed E-state index contributed by atoms with van der Waals surface area (Å²) in [5.41, 5.74) is 2.06. The number of benzene rings is 2. The number of halogens is 1. The van der Waals surface area contributed by atoms with E-state index >= 15 is 0 Å². The summed E-state index contributed by atoms with van der Waals surface area (Å²) in [5, 5.41) is 0.898. The Labute approximate surface area is 118 Å². The van der Waals surface area contributed by atoms with Crippen LogP contribution in [0.5, 0.6) is 0 Å². The second-order valence-corrected chi connectivity index (χ2v) is 4.84. The first kappa shape index (κ1) is 11.8. The highest BCUT2D eigenvalue weighted by atomic mass is 19.1. The quantitative estimate of drug-likeness (QED) is 0.544. The first-order chi connectivity index (χ1) is 10.2. The summed E-state index contributed by atoms with van der Waals surface area (Å²) in [4.78, 5) is 19.6. The number of hydrogen-bond donors (Lipinski definition) is 1. The Morgan fingerprint density at radius 2 is 1.95 bits per heavy atom. The van der Waals surface area contributed by atoms with Crippen LogP contribution in [0.1, 0.15) is 0 Å². The molecular weight excluding hydrogens is 269 g/mol. The molecule has 2 aromatic heterocycles. The molecule has 0 radical (unpaired) electrons. The van der Waals surface area contributed by atoms with Crippen molar-refractivity contribution in [2.45, 2.75) is 0 Å². The van der Waals surface area contributed by atoms with Gasteiger partial charge in [-0.2, -0.15) is 0 Å². The Morgan fingerprint density at radius 1 is 1.05 bits per heavy atom. The number of rotatable bonds is 1. The predicted molar refractivity (Wildman–Crippen MR) is 79.2 cm³/mol. The average molecular weight is 279 g/mol. The van der Waals surface area contributed by atoms with Crippen molar-refractivity contribution >= 4 is 21.8 Å². The summed E-state index contributed by atoms with van der Waals surface area (Å²) in [6.07, 6.45) is 5.21. The fourth-order valence-electron chi connectivity index (χ4n) is 2.51. The topological polar surface area (TPSA) is 50.7 Å². The van der Waals surface area contributed by atoms with Crippen molar-refractivity contribution in [3.63, 3.8) is 0 Å². The normalized spacial score (nSPS) is 11.3. The molecule has 2 heterocycles. The Morgan fingerprint density at radius 3 is 2.76 bits per heavy atom. The van der Waals surface area contributed by atoms with Gasteiger partial charge in [-0.05, 0) is 36.4 Å². The van der Waals surface area contributed by atoms with Gasteiger partial charge in [-0.3, -0.25) is 4.79 Å². The molecule has 1 N–H and O–H groups in total. The third-order valence-corrected chi connectivity index (χ3v) is 3.55. The Bertz CT molecular complexity index is 1020. The van der Waals surface area contributed by atoms with Crippen molar-refractivity contribution in [3.05, 3.63) is 71.2 Å². The monoisotopic (exact) mass is 279 g/mol. The van der Waals surface area contributed by atoms with Crippen molar-refractivity contribution in [3.8, 4) is 5.69 Å². The summed E-state index contributed by atoms with van der Waals surface area (Å²) in [5.74, 6) is -0.414. The summed E-state index contributed by atoms with van der Waals surface area (Å²) in [6, 6.07) is 9.63. The van der Waals surface area contributed by atoms with Crippen LogP contribution in [0.4, 0.5) is 4.39 Å². The van der Waals surface area contributed by atoms with Gasteiger partial charge in [0.05, 0.1) is 11.8 Å². The van der Waals surface area contributed by atoms with E-state index in [2.05, 4.69) is 9.97 Å². The van der Waals surface area contributed by atoms with Crippen LogP contribution in [-0.4, -0.2) is 14.5 Å². The van der Waals surface area contributed by atoms with Gasteiger partial charge in [0.1, 0.15) is 5.82 Å². The zero-order valence-corrected chi connectivity index (χ0v) is 10.9. The molecule has 0 amide bonds. The molecule has 0 atom stereocenters. The largest absolute Gasteiger partial charge is 0.354 e. The van der Waals surface area contributed by atoms with Gasteiger partial charge in [-0.15, -0.1) is 0 Å². The Balaban J connectivity index is 2.07. The average Bonchev–Trinajstić information content (AvgIpc) is 3.02. The lowest BCUT2D eigenvalue weighted by Gasteiger charge is -2.06. The van der Waals surface area contributed by atoms with Gasteiger partial charge < -0.3 is 9.55 Å². The van der Waals surface area contributed by atoms with Crippen LogP contribution in [0, 0.1) is 5.82 Å². The van der Waals surface area contributed by atoms with E-state index in [1.54, 1.807) is 24.7 Å². The molecule has 4 rings (SSSR count). The highest BCUT2D eigenvalue weighted by Crippen LogP contribution is 2.18. The molecule has 2 aromatic carbocycles. The van der Waals surface area contributed by atoms with E-state index in [1.807, 2.05) is 22.9 Å². The minimum Gasteiger partial charge on any atom is -0.354 e. The van der Waals surface area contributed by atoms with Gasteiger partial charge in [0.2, 0.25) is 0 Å². The lowest BCUT2D eigenvalue weighted by molar-refractivity contribution is 0.629. The molecule has 0 saturated carbocycles. The summed E-state index contributed by atoms with van der Waals surface area (Å²) >= 11 is 0. The maximum absolute atomic E-state index is 13.3. The first-order valence-electron chi connectivity index (χ1n) is 6.46. The number of hydrogen-bond acceptors (Lipinski definition) is 2. The molecule has 0 unspecified atom stereocenters. The van der Waals surface area contributed by atoms with Gasteiger partial charge in [0.25, 0.3) is 0 Å². The third kappa shape index (κ3) is 1.82. The fraction of sp³-hybridized carbons (Fsp3) is 0. The van der Waals surface area contributed by atoms with E-state index in [-0.39, 0.29) is 5.43 Å². The zero-order chi connectivity index (χ0) is 14.4. The Kier molecular flexibility index (Phi) is 2.41. The van der Waals surface area contributed by atoms with E-state index in [0.29, 0.717) is 21.8 Å². The number of pyridine rings is 1. The second kappa shape index (κ2) is 4.28. The summed E-state index contributed by atoms with van der Waals surface area (Å²) in [6.45, 7) is 0. The SMILES string of the molecule is O=c1c2ccc(-n3ccnc3)cc2[nH]c2ccc(F)cc12. The molecule has 4 nitrogen and oxygen atoms in total. The number of imidazole rings is 1. The first-order valence-corrected chi connectivity index (χ1v) is 6.46. The molecule has 0 bridgehead atoms. The van der Waals surface area contributed by atoms with E-state index in [1.165, 1.54) is 12.1 Å². The fourth-order valence-corrected chi connectivity index (χ4v) is 2.51. The molecule has 0 spiro atoms. The van der Waals surface area contributed by atoms with Gasteiger partial charge in [-0.1, -0.05) is 0 Å². The van der Waals surface area contributed by atoms with E-state index < -0.39 is 5.82 Å². The predicted octanol–water partition coefficient (Wildman–Crippen LogP) is 3.01. The molecule has 0 aliphatic rings. The van der Waals surface area contributed by atoms with Gasteiger partial charge in [0, 0.05) is 34.4 Å². The highest BCUT2D eigenvalue weighted by molar-refractivity contribution is 5.93. The number of nitrogens with zero attached hydrogens (tertiary/aromatic N) is 2. The smallest absolute Gasteiger partial charge is 0.197 e. The molecule has 21 heavy (non-hydrogen) atoms. The van der Waals surface area contributed by atoms with Crippen LogP contribution >= 0.6 is 0 Å². The maximum Gasteiger partial charge on any atom is 0.197 e. The van der Waals surface area contributed by atoms with Crippen molar-refractivity contribution < 1.29 is 4.39 Å². The number of aromatic nitrogens is 3. The number of fused-ring (bicyclic) bond motifs is 2. The maximum atomic E-state index is 13.3. The molecule has 5 heteroatoms. The summed E-state index contributed by atoms with van der Waals surface area (Å²) < 4.78 is 15.2. The standard InChI is InChI=1S/C16H10FN3O/c17-10-1-4-14-13(7-10)16(21)12-3-2-11(8-15(12)19-14)20-6-5-18-9-20/h1-9H,(H,19,21). The molecule has 0 saturated heterocycles. The number of H-pyrrole nitrogens is 1. The van der Waals surface area contributed by atoms with E-state index in [0.717, 1.165) is 5.69 Å². The third-order valence-electron chi connectivity index (χ3n) is 3.55. The van der Waals surface area contributed by atoms with Crippen LogP contribution in [0.3, 0.4) is 0 Å². The molecule has 0 aliphatic carbocycles. The lowest BCUT2D eigenvalue weighted by atomic mass is 10.1. The van der Waals surface area contributed by atoms with Gasteiger partial charge >= 0.3 is 0 Å². The minimum absolute atomic E-state index is 0.171. The van der Waals surface area contributed by atoms with Crippen LogP contribution in [0.15, 0.2) is 59.9 Å². The molecule has 0 aliphatic heterocycles. The van der Waals surface area contributed by atoms with E-state index in [4.69, 9.17) is 0 Å². The second-order valence-electron chi connectivity index (χ2n) is 4.84.